The molecule has 4 rings (SSSR count). The second-order valence-corrected chi connectivity index (χ2v) is 8.66. The minimum absolute atomic E-state index is 0. The largest absolute Gasteiger partial charge is 0.379 e. The molecule has 0 aliphatic carbocycles. The highest BCUT2D eigenvalue weighted by Crippen LogP contribution is 2.32. The summed E-state index contributed by atoms with van der Waals surface area (Å²) in [5.74, 6) is -0.323. The van der Waals surface area contributed by atoms with Crippen LogP contribution in [-0.2, 0) is 16.0 Å². The predicted molar refractivity (Wildman–Crippen MR) is 126 cm³/mol. The maximum atomic E-state index is 13.3. The molecule has 1 amide bonds. The fraction of sp³-hybridized carbons (Fsp3) is 0.391. The Kier molecular flexibility index (Phi) is 8.00. The Morgan fingerprint density at radius 1 is 1.16 bits per heavy atom. The molecule has 2 heterocycles. The van der Waals surface area contributed by atoms with Crippen molar-refractivity contribution in [3.05, 3.63) is 58.9 Å². The highest BCUT2D eigenvalue weighted by molar-refractivity contribution is 7.22. The zero-order valence-corrected chi connectivity index (χ0v) is 19.4. The van der Waals surface area contributed by atoms with Gasteiger partial charge in [-0.05, 0) is 48.7 Å². The van der Waals surface area contributed by atoms with Crippen molar-refractivity contribution in [2.45, 2.75) is 20.3 Å². The van der Waals surface area contributed by atoms with Crippen LogP contribution in [0.4, 0.5) is 9.52 Å². The first-order chi connectivity index (χ1) is 14.5. The van der Waals surface area contributed by atoms with Crippen LogP contribution < -0.4 is 4.90 Å². The lowest BCUT2D eigenvalue weighted by Gasteiger charge is -2.29. The minimum Gasteiger partial charge on any atom is -0.379 e. The number of fused-ring (bicyclic) bond motifs is 1. The van der Waals surface area contributed by atoms with E-state index in [0.717, 1.165) is 59.3 Å². The molecule has 0 N–H and O–H groups in total. The quantitative estimate of drug-likeness (QED) is 0.544. The van der Waals surface area contributed by atoms with Crippen molar-refractivity contribution in [3.8, 4) is 0 Å². The van der Waals surface area contributed by atoms with Gasteiger partial charge in [-0.15, -0.1) is 12.4 Å². The molecule has 166 valence electrons. The second-order valence-electron chi connectivity index (χ2n) is 7.65. The average Bonchev–Trinajstić information content (AvgIpc) is 3.18. The van der Waals surface area contributed by atoms with Crippen molar-refractivity contribution in [1.82, 2.24) is 9.88 Å². The van der Waals surface area contributed by atoms with Crippen LogP contribution in [0.15, 0.2) is 36.4 Å². The highest BCUT2D eigenvalue weighted by Gasteiger charge is 2.22. The lowest BCUT2D eigenvalue weighted by atomic mass is 10.1. The minimum atomic E-state index is -0.299. The van der Waals surface area contributed by atoms with Gasteiger partial charge in [-0.1, -0.05) is 29.5 Å². The van der Waals surface area contributed by atoms with Crippen LogP contribution in [0.1, 0.15) is 16.7 Å². The molecule has 0 atom stereocenters. The fourth-order valence-corrected chi connectivity index (χ4v) is 4.66. The van der Waals surface area contributed by atoms with E-state index in [9.17, 15) is 9.18 Å². The summed E-state index contributed by atoms with van der Waals surface area (Å²) in [7, 11) is 0. The van der Waals surface area contributed by atoms with Gasteiger partial charge in [-0.25, -0.2) is 9.37 Å². The molecule has 1 aliphatic rings. The molecule has 8 heteroatoms. The zero-order chi connectivity index (χ0) is 21.1. The molecule has 2 aromatic carbocycles. The Morgan fingerprint density at radius 2 is 1.87 bits per heavy atom. The molecule has 0 unspecified atom stereocenters. The Morgan fingerprint density at radius 3 is 2.58 bits per heavy atom. The average molecular weight is 464 g/mol. The predicted octanol–water partition coefficient (Wildman–Crippen LogP) is 4.38. The summed E-state index contributed by atoms with van der Waals surface area (Å²) in [5.41, 5.74) is 4.10. The van der Waals surface area contributed by atoms with Crippen molar-refractivity contribution in [1.29, 1.82) is 0 Å². The van der Waals surface area contributed by atoms with Crippen LogP contribution in [0.2, 0.25) is 0 Å². The molecule has 0 bridgehead atoms. The number of thiazole rings is 1. The number of nitrogens with zero attached hydrogens (tertiary/aromatic N) is 3. The summed E-state index contributed by atoms with van der Waals surface area (Å²) < 4.78 is 19.8. The first-order valence-corrected chi connectivity index (χ1v) is 11.0. The number of carbonyl (C=O) groups is 1. The number of aromatic nitrogens is 1. The van der Waals surface area contributed by atoms with E-state index >= 15 is 0 Å². The van der Waals surface area contributed by atoms with Gasteiger partial charge >= 0.3 is 0 Å². The molecule has 31 heavy (non-hydrogen) atoms. The van der Waals surface area contributed by atoms with Gasteiger partial charge in [0.1, 0.15) is 5.82 Å². The first-order valence-electron chi connectivity index (χ1n) is 10.2. The number of hydrogen-bond donors (Lipinski definition) is 0. The van der Waals surface area contributed by atoms with Crippen LogP contribution in [0, 0.1) is 19.7 Å². The Bertz CT molecular complexity index is 1040. The number of ether oxygens (including phenoxy) is 1. The first kappa shape index (κ1) is 23.6. The number of hydrogen-bond acceptors (Lipinski definition) is 5. The molecular formula is C23H27ClFN3O2S. The van der Waals surface area contributed by atoms with Crippen LogP contribution in [0.25, 0.3) is 10.2 Å². The standard InChI is InChI=1S/C23H26FN3O2S.ClH/c1-16-3-8-20-22(17(16)2)25-23(30-20)27(10-9-26-11-13-29-14-12-26)21(28)15-18-4-6-19(24)7-5-18;/h3-8H,9-15H2,1-2H3;1H. The Hall–Kier alpha value is -2.06. The van der Waals surface area contributed by atoms with E-state index in [1.807, 2.05) is 0 Å². The van der Waals surface area contributed by atoms with Gasteiger partial charge < -0.3 is 4.74 Å². The second kappa shape index (κ2) is 10.5. The number of benzene rings is 2. The monoisotopic (exact) mass is 463 g/mol. The number of carbonyl (C=O) groups excluding carboxylic acids is 1. The van der Waals surface area contributed by atoms with Gasteiger partial charge in [0.25, 0.3) is 0 Å². The SMILES string of the molecule is Cc1ccc2sc(N(CCN3CCOCC3)C(=O)Cc3ccc(F)cc3)nc2c1C.Cl. The number of rotatable bonds is 6. The van der Waals surface area contributed by atoms with Crippen molar-refractivity contribution < 1.29 is 13.9 Å². The van der Waals surface area contributed by atoms with Crippen LogP contribution in [0.5, 0.6) is 0 Å². The third kappa shape index (κ3) is 5.60. The molecule has 0 saturated carbocycles. The van der Waals surface area contributed by atoms with Gasteiger partial charge in [0.2, 0.25) is 5.91 Å². The van der Waals surface area contributed by atoms with E-state index in [1.165, 1.54) is 17.7 Å². The summed E-state index contributed by atoms with van der Waals surface area (Å²) in [4.78, 5) is 22.2. The van der Waals surface area contributed by atoms with E-state index in [1.54, 1.807) is 28.4 Å². The Balaban J connectivity index is 0.00000272. The van der Waals surface area contributed by atoms with E-state index < -0.39 is 0 Å². The summed E-state index contributed by atoms with van der Waals surface area (Å²) in [5, 5.41) is 0.721. The molecule has 1 aliphatic heterocycles. The van der Waals surface area contributed by atoms with Gasteiger partial charge in [0, 0.05) is 26.2 Å². The number of anilines is 1. The molecular weight excluding hydrogens is 437 g/mol. The topological polar surface area (TPSA) is 45.7 Å². The van der Waals surface area contributed by atoms with Gasteiger partial charge in [0.15, 0.2) is 5.13 Å². The van der Waals surface area contributed by atoms with Crippen molar-refractivity contribution in [2.75, 3.05) is 44.3 Å². The third-order valence-electron chi connectivity index (χ3n) is 5.62. The van der Waals surface area contributed by atoms with Gasteiger partial charge in [-0.3, -0.25) is 14.6 Å². The molecule has 5 nitrogen and oxygen atoms in total. The number of morpholine rings is 1. The van der Waals surface area contributed by atoms with E-state index in [0.29, 0.717) is 6.54 Å². The summed E-state index contributed by atoms with van der Waals surface area (Å²) in [6.45, 7) is 8.68. The van der Waals surface area contributed by atoms with Crippen LogP contribution >= 0.6 is 23.7 Å². The molecule has 0 radical (unpaired) electrons. The lowest BCUT2D eigenvalue weighted by Crippen LogP contribution is -2.43. The van der Waals surface area contributed by atoms with Gasteiger partial charge in [-0.2, -0.15) is 0 Å². The van der Waals surface area contributed by atoms with Crippen molar-refractivity contribution in [2.24, 2.45) is 0 Å². The Labute approximate surface area is 192 Å². The molecule has 0 spiro atoms. The summed E-state index contributed by atoms with van der Waals surface area (Å²) >= 11 is 1.55. The summed E-state index contributed by atoms with van der Waals surface area (Å²) in [6.07, 6.45) is 0.220. The van der Waals surface area contributed by atoms with Crippen LogP contribution in [-0.4, -0.2) is 55.2 Å². The lowest BCUT2D eigenvalue weighted by molar-refractivity contribution is -0.118. The van der Waals surface area contributed by atoms with Crippen LogP contribution in [0.3, 0.4) is 0 Å². The summed E-state index contributed by atoms with van der Waals surface area (Å²) in [6, 6.07) is 10.3. The fourth-order valence-electron chi connectivity index (χ4n) is 3.60. The maximum absolute atomic E-state index is 13.3. The molecule has 3 aromatic rings. The molecule has 1 fully saturated rings. The molecule has 1 saturated heterocycles. The number of halogens is 2. The van der Waals surface area contributed by atoms with E-state index in [2.05, 4.69) is 30.9 Å². The highest BCUT2D eigenvalue weighted by atomic mass is 35.5. The third-order valence-corrected chi connectivity index (χ3v) is 6.66. The smallest absolute Gasteiger partial charge is 0.233 e. The van der Waals surface area contributed by atoms with E-state index in [-0.39, 0.29) is 30.6 Å². The number of aryl methyl sites for hydroxylation is 2. The molecule has 1 aromatic heterocycles. The van der Waals surface area contributed by atoms with Crippen molar-refractivity contribution in [3.63, 3.8) is 0 Å². The normalized spacial score (nSPS) is 14.4. The van der Waals surface area contributed by atoms with Crippen molar-refractivity contribution >= 4 is 45.0 Å². The number of amides is 1. The van der Waals surface area contributed by atoms with E-state index in [4.69, 9.17) is 9.72 Å². The zero-order valence-electron chi connectivity index (χ0n) is 17.8. The maximum Gasteiger partial charge on any atom is 0.233 e. The van der Waals surface area contributed by atoms with Gasteiger partial charge in [0.05, 0.1) is 29.9 Å².